The molecule has 2 heterocycles. The van der Waals surface area contributed by atoms with Crippen molar-refractivity contribution in [3.05, 3.63) is 79.7 Å². The van der Waals surface area contributed by atoms with Crippen molar-refractivity contribution < 1.29 is 0 Å². The summed E-state index contributed by atoms with van der Waals surface area (Å²) in [5, 5.41) is 0. The second-order valence-corrected chi connectivity index (χ2v) is 10.7. The minimum atomic E-state index is -0.141. The molecule has 0 bridgehead atoms. The summed E-state index contributed by atoms with van der Waals surface area (Å²) in [4.78, 5) is 2.43. The van der Waals surface area contributed by atoms with Gasteiger partial charge < -0.3 is 4.90 Å². The maximum atomic E-state index is 6.21. The predicted molar refractivity (Wildman–Crippen MR) is 126 cm³/mol. The van der Waals surface area contributed by atoms with Crippen LogP contribution in [0.3, 0.4) is 0 Å². The fraction of sp³-hybridized carbons (Fsp3) is 0.250. The van der Waals surface area contributed by atoms with Crippen molar-refractivity contribution >= 4 is 62.2 Å². The largest absolute Gasteiger partial charge is 0.309 e. The van der Waals surface area contributed by atoms with E-state index in [1.165, 1.54) is 39.3 Å². The summed E-state index contributed by atoms with van der Waals surface area (Å²) in [5.74, 6) is 0. The Morgan fingerprint density at radius 3 is 1.79 bits per heavy atom. The lowest BCUT2D eigenvalue weighted by molar-refractivity contribution is 0.596. The number of hydrogen-bond donors (Lipinski definition) is 0. The molecular formula is C24H20BBr2N. The van der Waals surface area contributed by atoms with Crippen molar-refractivity contribution in [3.8, 4) is 0 Å². The molecule has 3 aromatic carbocycles. The fourth-order valence-corrected chi connectivity index (χ4v) is 5.73. The maximum Gasteiger partial charge on any atom is 0.113 e. The Bertz CT molecular complexity index is 1080. The minimum Gasteiger partial charge on any atom is -0.309 e. The zero-order valence-electron chi connectivity index (χ0n) is 16.4. The van der Waals surface area contributed by atoms with Crippen molar-refractivity contribution in [2.75, 3.05) is 4.90 Å². The van der Waals surface area contributed by atoms with Gasteiger partial charge in [-0.25, -0.2) is 0 Å². The normalized spacial score (nSPS) is 17.6. The van der Waals surface area contributed by atoms with Crippen molar-refractivity contribution in [2.45, 2.75) is 38.5 Å². The lowest BCUT2D eigenvalue weighted by Gasteiger charge is -2.49. The Balaban J connectivity index is 1.97. The van der Waals surface area contributed by atoms with Crippen LogP contribution in [0.25, 0.3) is 0 Å². The summed E-state index contributed by atoms with van der Waals surface area (Å²) in [6, 6.07) is 17.5. The van der Waals surface area contributed by atoms with E-state index in [0.29, 0.717) is 0 Å². The molecule has 138 valence electrons. The summed E-state index contributed by atoms with van der Waals surface area (Å²) >= 11 is 7.47. The number of rotatable bonds is 0. The molecule has 2 radical (unpaired) electrons. The van der Waals surface area contributed by atoms with Gasteiger partial charge in [-0.15, -0.1) is 0 Å². The van der Waals surface area contributed by atoms with Crippen LogP contribution in [-0.2, 0) is 10.8 Å². The first-order chi connectivity index (χ1) is 13.1. The summed E-state index contributed by atoms with van der Waals surface area (Å²) in [6.45, 7) is 9.25. The van der Waals surface area contributed by atoms with Gasteiger partial charge >= 0.3 is 0 Å². The van der Waals surface area contributed by atoms with Crippen LogP contribution in [0.1, 0.15) is 49.9 Å². The van der Waals surface area contributed by atoms with E-state index >= 15 is 0 Å². The number of nitrogens with zero attached hydrogens (tertiary/aromatic N) is 1. The Labute approximate surface area is 184 Å². The maximum absolute atomic E-state index is 6.21. The molecule has 4 heteroatoms. The standard InChI is InChI=1S/C24H20BBr2N/c1-23(2)16-9-13(25)5-7-20(16)28-21-8-6-14(26)10-17(21)24(3,4)19-12-15(27)11-18(23)22(19)28/h5-12H,1-4H3. The molecule has 0 fully saturated rings. The van der Waals surface area contributed by atoms with E-state index in [2.05, 4.69) is 107 Å². The van der Waals surface area contributed by atoms with Crippen molar-refractivity contribution in [2.24, 2.45) is 0 Å². The van der Waals surface area contributed by atoms with Crippen LogP contribution in [0.15, 0.2) is 57.5 Å². The first kappa shape index (κ1) is 18.5. The van der Waals surface area contributed by atoms with Gasteiger partial charge in [-0.3, -0.25) is 0 Å². The number of benzene rings is 3. The highest BCUT2D eigenvalue weighted by molar-refractivity contribution is 9.10. The quantitative estimate of drug-likeness (QED) is 0.313. The third-order valence-corrected chi connectivity index (χ3v) is 7.40. The van der Waals surface area contributed by atoms with Gasteiger partial charge in [0.15, 0.2) is 0 Å². The molecule has 0 aromatic heterocycles. The second-order valence-electron chi connectivity index (χ2n) is 8.87. The fourth-order valence-electron chi connectivity index (χ4n) is 4.91. The molecule has 5 rings (SSSR count). The predicted octanol–water partition coefficient (Wildman–Crippen LogP) is 6.75. The zero-order chi connectivity index (χ0) is 20.0. The van der Waals surface area contributed by atoms with Crippen molar-refractivity contribution in [3.63, 3.8) is 0 Å². The van der Waals surface area contributed by atoms with Crippen molar-refractivity contribution in [1.29, 1.82) is 0 Å². The highest BCUT2D eigenvalue weighted by atomic mass is 79.9. The van der Waals surface area contributed by atoms with Crippen LogP contribution in [0.4, 0.5) is 17.1 Å². The smallest absolute Gasteiger partial charge is 0.113 e. The summed E-state index contributed by atoms with van der Waals surface area (Å²) in [6.07, 6.45) is 0. The average molecular weight is 493 g/mol. The second kappa shape index (κ2) is 5.76. The minimum absolute atomic E-state index is 0.106. The zero-order valence-corrected chi connectivity index (χ0v) is 19.6. The number of hydrogen-bond acceptors (Lipinski definition) is 1. The van der Waals surface area contributed by atoms with E-state index in [0.717, 1.165) is 14.4 Å². The van der Waals surface area contributed by atoms with Gasteiger partial charge in [-0.1, -0.05) is 77.2 Å². The van der Waals surface area contributed by atoms with Gasteiger partial charge in [0, 0.05) is 19.8 Å². The Morgan fingerprint density at radius 2 is 1.18 bits per heavy atom. The lowest BCUT2D eigenvalue weighted by Crippen LogP contribution is -2.38. The molecule has 0 spiro atoms. The highest BCUT2D eigenvalue weighted by Crippen LogP contribution is 2.60. The lowest BCUT2D eigenvalue weighted by atomic mass is 9.66. The van der Waals surface area contributed by atoms with E-state index in [1.54, 1.807) is 0 Å². The van der Waals surface area contributed by atoms with Gasteiger partial charge in [0.25, 0.3) is 0 Å². The molecule has 28 heavy (non-hydrogen) atoms. The third kappa shape index (κ3) is 2.31. The third-order valence-electron chi connectivity index (χ3n) is 6.45. The first-order valence-corrected chi connectivity index (χ1v) is 11.1. The molecule has 0 N–H and O–H groups in total. The molecule has 0 unspecified atom stereocenters. The SMILES string of the molecule is [B]c1ccc2c(c1)C(C)(C)c1cc(Br)cc3c1N2c1ccc(Br)cc1C3(C)C. The average Bonchev–Trinajstić information content (AvgIpc) is 2.62. The topological polar surface area (TPSA) is 3.24 Å². The summed E-state index contributed by atoms with van der Waals surface area (Å²) in [5.41, 5.74) is 9.58. The van der Waals surface area contributed by atoms with Crippen LogP contribution in [0, 0.1) is 0 Å². The van der Waals surface area contributed by atoms with Gasteiger partial charge in [-0.2, -0.15) is 0 Å². The summed E-state index contributed by atoms with van der Waals surface area (Å²) < 4.78 is 2.22. The van der Waals surface area contributed by atoms with E-state index in [-0.39, 0.29) is 10.8 Å². The Kier molecular flexibility index (Phi) is 3.81. The molecule has 0 amide bonds. The highest BCUT2D eigenvalue weighted by Gasteiger charge is 2.45. The van der Waals surface area contributed by atoms with Gasteiger partial charge in [-0.05, 0) is 58.7 Å². The monoisotopic (exact) mass is 491 g/mol. The molecule has 2 aliphatic rings. The van der Waals surface area contributed by atoms with Crippen LogP contribution >= 0.6 is 31.9 Å². The molecule has 0 atom stereocenters. The van der Waals surface area contributed by atoms with Crippen LogP contribution < -0.4 is 10.4 Å². The molecule has 1 nitrogen and oxygen atoms in total. The number of anilines is 3. The van der Waals surface area contributed by atoms with Crippen LogP contribution in [0.2, 0.25) is 0 Å². The van der Waals surface area contributed by atoms with E-state index in [1.807, 2.05) is 6.07 Å². The molecule has 3 aromatic rings. The van der Waals surface area contributed by atoms with Gasteiger partial charge in [0.1, 0.15) is 7.85 Å². The van der Waals surface area contributed by atoms with Gasteiger partial charge in [0.05, 0.1) is 17.1 Å². The summed E-state index contributed by atoms with van der Waals surface area (Å²) in [7, 11) is 6.21. The van der Waals surface area contributed by atoms with E-state index in [9.17, 15) is 0 Å². The van der Waals surface area contributed by atoms with Crippen molar-refractivity contribution in [1.82, 2.24) is 0 Å². The van der Waals surface area contributed by atoms with Crippen LogP contribution in [0.5, 0.6) is 0 Å². The molecular weight excluding hydrogens is 473 g/mol. The number of fused-ring (bicyclic) bond motifs is 4. The van der Waals surface area contributed by atoms with E-state index in [4.69, 9.17) is 7.85 Å². The van der Waals surface area contributed by atoms with E-state index < -0.39 is 0 Å². The molecule has 2 aliphatic heterocycles. The number of halogens is 2. The Morgan fingerprint density at radius 1 is 0.679 bits per heavy atom. The Hall–Kier alpha value is -1.52. The molecule has 0 saturated heterocycles. The van der Waals surface area contributed by atoms with Crippen LogP contribution in [-0.4, -0.2) is 7.85 Å². The molecule has 0 saturated carbocycles. The first-order valence-electron chi connectivity index (χ1n) is 9.47. The molecule has 0 aliphatic carbocycles. The van der Waals surface area contributed by atoms with Gasteiger partial charge in [0.2, 0.25) is 0 Å².